The minimum absolute atomic E-state index is 0.0226. The van der Waals surface area contributed by atoms with Gasteiger partial charge >= 0.3 is 0 Å². The Kier molecular flexibility index (Phi) is 5.12. The Morgan fingerprint density at radius 3 is 2.95 bits per heavy atom. The second-order valence-electron chi connectivity index (χ2n) is 5.31. The molecule has 1 N–H and O–H groups in total. The number of nitriles is 1. The van der Waals surface area contributed by atoms with Crippen LogP contribution in [0.15, 0.2) is 18.2 Å². The lowest BCUT2D eigenvalue weighted by atomic mass is 10.1. The maximum atomic E-state index is 11.1. The van der Waals surface area contributed by atoms with Crippen LogP contribution in [0.4, 0.5) is 11.4 Å². The summed E-state index contributed by atoms with van der Waals surface area (Å²) in [4.78, 5) is 13.1. The zero-order valence-corrected chi connectivity index (χ0v) is 12.2. The SMILES string of the molecule is CCN1CCCC(Nc2ccc(C#N)cc2[N+](=O)[O-])CC1. The molecule has 1 heterocycles. The molecule has 0 bridgehead atoms. The van der Waals surface area contributed by atoms with E-state index in [9.17, 15) is 10.1 Å². The predicted molar refractivity (Wildman–Crippen MR) is 81.2 cm³/mol. The van der Waals surface area contributed by atoms with Crippen LogP contribution in [-0.4, -0.2) is 35.5 Å². The number of likely N-dealkylation sites (tertiary alicyclic amines) is 1. The molecule has 0 aromatic heterocycles. The molecular weight excluding hydrogens is 268 g/mol. The number of nitro groups is 1. The van der Waals surface area contributed by atoms with Gasteiger partial charge in [0.1, 0.15) is 5.69 Å². The first-order valence-corrected chi connectivity index (χ1v) is 7.31. The lowest BCUT2D eigenvalue weighted by molar-refractivity contribution is -0.384. The molecule has 1 aromatic carbocycles. The number of nitro benzene ring substituents is 1. The molecule has 0 amide bonds. The van der Waals surface area contributed by atoms with Gasteiger partial charge < -0.3 is 10.2 Å². The molecule has 1 unspecified atom stereocenters. The van der Waals surface area contributed by atoms with E-state index in [0.29, 0.717) is 11.3 Å². The lowest BCUT2D eigenvalue weighted by Crippen LogP contribution is -2.26. The first kappa shape index (κ1) is 15.3. The monoisotopic (exact) mass is 288 g/mol. The molecule has 1 aromatic rings. The van der Waals surface area contributed by atoms with Gasteiger partial charge in [0.05, 0.1) is 16.6 Å². The summed E-state index contributed by atoms with van der Waals surface area (Å²) in [6, 6.07) is 6.77. The van der Waals surface area contributed by atoms with Crippen molar-refractivity contribution in [1.29, 1.82) is 5.26 Å². The highest BCUT2D eigenvalue weighted by Gasteiger charge is 2.20. The second kappa shape index (κ2) is 7.04. The lowest BCUT2D eigenvalue weighted by Gasteiger charge is -2.19. The van der Waals surface area contributed by atoms with Gasteiger partial charge in [0.2, 0.25) is 0 Å². The van der Waals surface area contributed by atoms with Gasteiger partial charge in [-0.25, -0.2) is 0 Å². The molecular formula is C15H20N4O2. The first-order chi connectivity index (χ1) is 10.1. The Morgan fingerprint density at radius 2 is 2.29 bits per heavy atom. The number of hydrogen-bond acceptors (Lipinski definition) is 5. The van der Waals surface area contributed by atoms with Gasteiger partial charge in [0, 0.05) is 18.7 Å². The van der Waals surface area contributed by atoms with Crippen LogP contribution in [0.25, 0.3) is 0 Å². The Hall–Kier alpha value is -2.13. The molecule has 1 atom stereocenters. The van der Waals surface area contributed by atoms with E-state index in [1.165, 1.54) is 6.07 Å². The van der Waals surface area contributed by atoms with Crippen LogP contribution in [0, 0.1) is 21.4 Å². The maximum absolute atomic E-state index is 11.1. The van der Waals surface area contributed by atoms with E-state index in [1.807, 2.05) is 6.07 Å². The molecule has 0 radical (unpaired) electrons. The molecule has 0 aliphatic carbocycles. The average Bonchev–Trinajstić information content (AvgIpc) is 2.72. The van der Waals surface area contributed by atoms with Crippen molar-refractivity contribution in [1.82, 2.24) is 4.90 Å². The van der Waals surface area contributed by atoms with E-state index in [1.54, 1.807) is 12.1 Å². The molecule has 6 heteroatoms. The van der Waals surface area contributed by atoms with Crippen molar-refractivity contribution in [2.24, 2.45) is 0 Å². The second-order valence-corrected chi connectivity index (χ2v) is 5.31. The number of rotatable bonds is 4. The standard InChI is InChI=1S/C15H20N4O2/c1-2-18-8-3-4-13(7-9-18)17-14-6-5-12(11-16)10-15(14)19(20)21/h5-6,10,13,17H,2-4,7-9H2,1H3. The van der Waals surface area contributed by atoms with Crippen LogP contribution in [0.5, 0.6) is 0 Å². The van der Waals surface area contributed by atoms with Gasteiger partial charge in [-0.15, -0.1) is 0 Å². The summed E-state index contributed by atoms with van der Waals surface area (Å²) in [5.41, 5.74) is 0.796. The Bertz CT molecular complexity index is 553. The highest BCUT2D eigenvalue weighted by molar-refractivity contribution is 5.64. The summed E-state index contributed by atoms with van der Waals surface area (Å²) in [5, 5.41) is 23.3. The summed E-state index contributed by atoms with van der Waals surface area (Å²) in [7, 11) is 0. The van der Waals surface area contributed by atoms with Crippen molar-refractivity contribution in [2.75, 3.05) is 25.0 Å². The molecule has 1 aliphatic heterocycles. The fourth-order valence-electron chi connectivity index (χ4n) is 2.71. The van der Waals surface area contributed by atoms with Gasteiger partial charge in [-0.3, -0.25) is 10.1 Å². The predicted octanol–water partition coefficient (Wildman–Crippen LogP) is 2.75. The minimum Gasteiger partial charge on any atom is -0.377 e. The van der Waals surface area contributed by atoms with Crippen molar-refractivity contribution in [3.05, 3.63) is 33.9 Å². The molecule has 2 rings (SSSR count). The number of anilines is 1. The van der Waals surface area contributed by atoms with Gasteiger partial charge in [-0.05, 0) is 44.5 Å². The zero-order valence-electron chi connectivity index (χ0n) is 12.2. The smallest absolute Gasteiger partial charge is 0.293 e. The summed E-state index contributed by atoms with van der Waals surface area (Å²) in [6.07, 6.45) is 3.08. The minimum atomic E-state index is -0.432. The van der Waals surface area contributed by atoms with Crippen LogP contribution >= 0.6 is 0 Å². The molecule has 0 saturated carbocycles. The Morgan fingerprint density at radius 1 is 1.48 bits per heavy atom. The quantitative estimate of drug-likeness (QED) is 0.680. The van der Waals surface area contributed by atoms with Crippen LogP contribution < -0.4 is 5.32 Å². The van der Waals surface area contributed by atoms with E-state index in [0.717, 1.165) is 38.9 Å². The third-order valence-corrected chi connectivity index (χ3v) is 3.95. The molecule has 1 aliphatic rings. The van der Waals surface area contributed by atoms with Crippen molar-refractivity contribution < 1.29 is 4.92 Å². The van der Waals surface area contributed by atoms with E-state index in [-0.39, 0.29) is 11.7 Å². The molecule has 6 nitrogen and oxygen atoms in total. The van der Waals surface area contributed by atoms with Crippen LogP contribution in [-0.2, 0) is 0 Å². The van der Waals surface area contributed by atoms with Crippen molar-refractivity contribution >= 4 is 11.4 Å². The van der Waals surface area contributed by atoms with Crippen LogP contribution in [0.2, 0.25) is 0 Å². The third kappa shape index (κ3) is 3.92. The molecule has 0 spiro atoms. The van der Waals surface area contributed by atoms with Crippen molar-refractivity contribution in [3.63, 3.8) is 0 Å². The summed E-state index contributed by atoms with van der Waals surface area (Å²) >= 11 is 0. The van der Waals surface area contributed by atoms with Gasteiger partial charge in [0.25, 0.3) is 5.69 Å². The highest BCUT2D eigenvalue weighted by atomic mass is 16.6. The maximum Gasteiger partial charge on any atom is 0.293 e. The number of hydrogen-bond donors (Lipinski definition) is 1. The highest BCUT2D eigenvalue weighted by Crippen LogP contribution is 2.27. The number of nitrogens with zero attached hydrogens (tertiary/aromatic N) is 3. The van der Waals surface area contributed by atoms with E-state index >= 15 is 0 Å². The molecule has 1 saturated heterocycles. The zero-order chi connectivity index (χ0) is 15.2. The summed E-state index contributed by atoms with van der Waals surface area (Å²) < 4.78 is 0. The number of nitrogens with one attached hydrogen (secondary N) is 1. The van der Waals surface area contributed by atoms with Crippen molar-refractivity contribution in [2.45, 2.75) is 32.2 Å². The van der Waals surface area contributed by atoms with Gasteiger partial charge in [0.15, 0.2) is 0 Å². The van der Waals surface area contributed by atoms with Crippen LogP contribution in [0.3, 0.4) is 0 Å². The van der Waals surface area contributed by atoms with Gasteiger partial charge in [-0.2, -0.15) is 5.26 Å². The Balaban J connectivity index is 2.12. The molecule has 21 heavy (non-hydrogen) atoms. The molecule has 112 valence electrons. The van der Waals surface area contributed by atoms with Crippen LogP contribution in [0.1, 0.15) is 31.7 Å². The fourth-order valence-corrected chi connectivity index (χ4v) is 2.71. The van der Waals surface area contributed by atoms with Gasteiger partial charge in [-0.1, -0.05) is 6.92 Å². The molecule has 1 fully saturated rings. The number of benzene rings is 1. The van der Waals surface area contributed by atoms with E-state index < -0.39 is 4.92 Å². The Labute approximate surface area is 124 Å². The summed E-state index contributed by atoms with van der Waals surface area (Å²) in [6.45, 7) is 5.30. The van der Waals surface area contributed by atoms with E-state index in [2.05, 4.69) is 17.1 Å². The third-order valence-electron chi connectivity index (χ3n) is 3.95. The first-order valence-electron chi connectivity index (χ1n) is 7.31. The topological polar surface area (TPSA) is 82.2 Å². The fraction of sp³-hybridized carbons (Fsp3) is 0.533. The average molecular weight is 288 g/mol. The van der Waals surface area contributed by atoms with Crippen molar-refractivity contribution in [3.8, 4) is 6.07 Å². The normalized spacial score (nSPS) is 19.5. The largest absolute Gasteiger partial charge is 0.377 e. The summed E-state index contributed by atoms with van der Waals surface area (Å²) in [5.74, 6) is 0. The van der Waals surface area contributed by atoms with E-state index in [4.69, 9.17) is 5.26 Å².